The van der Waals surface area contributed by atoms with Crippen LogP contribution < -0.4 is 17.2 Å². The van der Waals surface area contributed by atoms with E-state index < -0.39 is 34.7 Å². The highest BCUT2D eigenvalue weighted by atomic mass is 16.4. The van der Waals surface area contributed by atoms with E-state index in [1.54, 1.807) is 0 Å². The molecule has 204 valence electrons. The molecule has 33 heavy (non-hydrogen) atoms. The zero-order chi connectivity index (χ0) is 28.5. The van der Waals surface area contributed by atoms with E-state index in [1.165, 1.54) is 41.5 Å². The molecule has 0 amide bonds. The summed E-state index contributed by atoms with van der Waals surface area (Å²) in [4.78, 5) is 29.3. The van der Waals surface area contributed by atoms with Gasteiger partial charge in [-0.25, -0.2) is 14.4 Å². The van der Waals surface area contributed by atoms with Crippen LogP contribution in [0.2, 0.25) is 0 Å². The van der Waals surface area contributed by atoms with Crippen LogP contribution in [0.5, 0.6) is 0 Å². The minimum absolute atomic E-state index is 0.0972. The molecule has 0 aromatic carbocycles. The van der Waals surface area contributed by atoms with Gasteiger partial charge in [-0.15, -0.1) is 0 Å². The number of carboxylic acids is 3. The smallest absolute Gasteiger partial charge is 0.335 e. The molecule has 0 saturated heterocycles. The third kappa shape index (κ3) is 65.2. The van der Waals surface area contributed by atoms with Gasteiger partial charge in [0, 0.05) is 19.6 Å². The first-order valence-corrected chi connectivity index (χ1v) is 9.38. The molecule has 0 aliphatic carbocycles. The summed E-state index contributed by atoms with van der Waals surface area (Å²) in [5.41, 5.74) is 9.58. The number of nitrogens with two attached hydrogens (primary N) is 3. The quantitative estimate of drug-likeness (QED) is 0.169. The highest BCUT2D eigenvalue weighted by Gasteiger charge is 2.22. The Kier molecular flexibility index (Phi) is 35.6. The predicted octanol–water partition coefficient (Wildman–Crippen LogP) is -3.66. The van der Waals surface area contributed by atoms with Crippen LogP contribution in [0, 0.1) is 0 Å². The maximum absolute atomic E-state index is 9.77. The molecule has 0 aromatic heterocycles. The van der Waals surface area contributed by atoms with Crippen molar-refractivity contribution in [3.8, 4) is 0 Å². The van der Waals surface area contributed by atoms with Crippen LogP contribution in [0.1, 0.15) is 41.5 Å². The van der Waals surface area contributed by atoms with Gasteiger partial charge in [0.05, 0.1) is 19.8 Å². The first-order chi connectivity index (χ1) is 14.6. The lowest BCUT2D eigenvalue weighted by Gasteiger charge is -2.07. The van der Waals surface area contributed by atoms with Crippen LogP contribution in [-0.2, 0) is 14.4 Å². The van der Waals surface area contributed by atoms with Gasteiger partial charge in [0.25, 0.3) is 0 Å². The highest BCUT2D eigenvalue weighted by molar-refractivity contribution is 5.76. The molecule has 0 rings (SSSR count). The van der Waals surface area contributed by atoms with Gasteiger partial charge < -0.3 is 63.2 Å². The third-order valence-electron chi connectivity index (χ3n) is 1.96. The Balaban J connectivity index is -0.0000000677. The first kappa shape index (κ1) is 44.7. The first-order valence-electron chi connectivity index (χ1n) is 9.38. The maximum atomic E-state index is 9.77. The summed E-state index contributed by atoms with van der Waals surface area (Å²) in [6.45, 7) is 8.72. The zero-order valence-corrected chi connectivity index (χ0v) is 20.2. The summed E-state index contributed by atoms with van der Waals surface area (Å²) in [6, 6.07) is 0. The van der Waals surface area contributed by atoms with Crippen molar-refractivity contribution >= 4 is 17.9 Å². The van der Waals surface area contributed by atoms with Crippen LogP contribution >= 0.6 is 0 Å². The molecule has 15 nitrogen and oxygen atoms in total. The van der Waals surface area contributed by atoms with Gasteiger partial charge in [-0.3, -0.25) is 0 Å². The van der Waals surface area contributed by atoms with Crippen molar-refractivity contribution in [1.82, 2.24) is 0 Å². The molecule has 0 bridgehead atoms. The minimum atomic E-state index is -1.58. The van der Waals surface area contributed by atoms with Gasteiger partial charge in [-0.05, 0) is 41.5 Å². The molecule has 15 heteroatoms. The van der Waals surface area contributed by atoms with Gasteiger partial charge >= 0.3 is 17.9 Å². The van der Waals surface area contributed by atoms with E-state index in [2.05, 4.69) is 0 Å². The molecule has 15 N–H and O–H groups in total. The van der Waals surface area contributed by atoms with Crippen molar-refractivity contribution in [2.75, 3.05) is 39.5 Å². The van der Waals surface area contributed by atoms with Crippen molar-refractivity contribution in [3.63, 3.8) is 0 Å². The monoisotopic (exact) mass is 495 g/mol. The Bertz CT molecular complexity index is 383. The number of aliphatic hydroxyl groups excluding tert-OH is 3. The van der Waals surface area contributed by atoms with Gasteiger partial charge in [0.1, 0.15) is 0 Å². The summed E-state index contributed by atoms with van der Waals surface area (Å²) in [7, 11) is 0. The van der Waals surface area contributed by atoms with Crippen LogP contribution in [0.25, 0.3) is 0 Å². The number of aliphatic hydroxyl groups is 6. The van der Waals surface area contributed by atoms with Crippen molar-refractivity contribution in [1.29, 1.82) is 0 Å². The Hall–Kier alpha value is -1.95. The van der Waals surface area contributed by atoms with Gasteiger partial charge in [0.2, 0.25) is 0 Å². The fraction of sp³-hybridized carbons (Fsp3) is 0.833. The summed E-state index contributed by atoms with van der Waals surface area (Å²) in [6.07, 6.45) is 0. The summed E-state index contributed by atoms with van der Waals surface area (Å²) < 4.78 is 0. The molecular formula is C18H45N3O12. The van der Waals surface area contributed by atoms with Crippen LogP contribution in [-0.4, -0.2) is 120 Å². The van der Waals surface area contributed by atoms with Crippen molar-refractivity contribution in [2.45, 2.75) is 58.3 Å². The van der Waals surface area contributed by atoms with E-state index >= 15 is 0 Å². The topological polar surface area (TPSA) is 311 Å². The highest BCUT2D eigenvalue weighted by Crippen LogP contribution is 1.98. The molecule has 0 saturated carbocycles. The van der Waals surface area contributed by atoms with E-state index in [0.29, 0.717) is 19.6 Å². The molecule has 0 fully saturated rings. The average Bonchev–Trinajstić information content (AvgIpc) is 2.67. The molecule has 0 unspecified atom stereocenters. The van der Waals surface area contributed by atoms with E-state index in [4.69, 9.17) is 63.2 Å². The standard InChI is InChI=1S/3C4H8O3.3C2H7NO/c3*1-4(2,7)3(5)6;3*3-1-2-4/h3*7H,1-2H3,(H,5,6);3*4H,1-3H2. The fourth-order valence-corrected chi connectivity index (χ4v) is 0. The number of hydrogen-bond acceptors (Lipinski definition) is 12. The Morgan fingerprint density at radius 2 is 0.576 bits per heavy atom. The molecule has 0 spiro atoms. The van der Waals surface area contributed by atoms with E-state index in [1.807, 2.05) is 0 Å². The Morgan fingerprint density at radius 1 is 0.515 bits per heavy atom. The van der Waals surface area contributed by atoms with Crippen molar-refractivity contribution in [3.05, 3.63) is 0 Å². The molecule has 0 aliphatic heterocycles. The molecule has 0 radical (unpaired) electrons. The van der Waals surface area contributed by atoms with E-state index in [-0.39, 0.29) is 19.8 Å². The summed E-state index contributed by atoms with van der Waals surface area (Å²) in [5.74, 6) is -3.60. The molecular weight excluding hydrogens is 450 g/mol. The second kappa shape index (κ2) is 26.3. The van der Waals surface area contributed by atoms with Crippen molar-refractivity contribution in [2.24, 2.45) is 17.2 Å². The normalized spacial score (nSPS) is 9.91. The minimum Gasteiger partial charge on any atom is -0.479 e. The summed E-state index contributed by atoms with van der Waals surface area (Å²) >= 11 is 0. The molecule has 0 aliphatic rings. The van der Waals surface area contributed by atoms with Crippen LogP contribution in [0.15, 0.2) is 0 Å². The van der Waals surface area contributed by atoms with Gasteiger partial charge in [0.15, 0.2) is 16.8 Å². The average molecular weight is 496 g/mol. The number of hydrogen-bond donors (Lipinski definition) is 12. The van der Waals surface area contributed by atoms with Gasteiger partial charge in [-0.2, -0.15) is 0 Å². The number of carboxylic acid groups (broad SMARTS) is 3. The SMILES string of the molecule is CC(C)(O)C(=O)O.CC(C)(O)C(=O)O.CC(C)(O)C(=O)O.NCCO.NCCO.NCCO. The lowest BCUT2D eigenvalue weighted by Crippen LogP contribution is -2.30. The Labute approximate surface area is 194 Å². The lowest BCUT2D eigenvalue weighted by atomic mass is 10.1. The third-order valence-corrected chi connectivity index (χ3v) is 1.96. The molecule has 0 heterocycles. The Morgan fingerprint density at radius 3 is 0.576 bits per heavy atom. The van der Waals surface area contributed by atoms with Gasteiger partial charge in [-0.1, -0.05) is 0 Å². The largest absolute Gasteiger partial charge is 0.479 e. The fourth-order valence-electron chi connectivity index (χ4n) is 0. The second-order valence-electron chi connectivity index (χ2n) is 7.13. The lowest BCUT2D eigenvalue weighted by molar-refractivity contribution is -0.155. The van der Waals surface area contributed by atoms with Crippen LogP contribution in [0.4, 0.5) is 0 Å². The number of rotatable bonds is 6. The van der Waals surface area contributed by atoms with Crippen LogP contribution in [0.3, 0.4) is 0 Å². The number of carbonyl (C=O) groups is 3. The van der Waals surface area contributed by atoms with E-state index in [9.17, 15) is 14.4 Å². The summed E-state index contributed by atoms with van der Waals surface area (Å²) in [5, 5.41) is 72.7. The predicted molar refractivity (Wildman–Crippen MR) is 120 cm³/mol. The van der Waals surface area contributed by atoms with Crippen molar-refractivity contribution < 1.29 is 60.3 Å². The zero-order valence-electron chi connectivity index (χ0n) is 20.2. The molecule has 0 aromatic rings. The molecule has 0 atom stereocenters. The van der Waals surface area contributed by atoms with E-state index in [0.717, 1.165) is 0 Å². The number of aliphatic carboxylic acids is 3. The maximum Gasteiger partial charge on any atom is 0.335 e. The second-order valence-corrected chi connectivity index (χ2v) is 7.13.